The Kier molecular flexibility index (Phi) is 5.01. The fourth-order valence-corrected chi connectivity index (χ4v) is 4.12. The highest BCUT2D eigenvalue weighted by Gasteiger charge is 2.23. The maximum Gasteiger partial charge on any atom is 0.221 e. The van der Waals surface area contributed by atoms with Crippen LogP contribution in [-0.2, 0) is 6.54 Å². The van der Waals surface area contributed by atoms with Gasteiger partial charge >= 0.3 is 0 Å². The largest absolute Gasteiger partial charge is 0.368 e. The van der Waals surface area contributed by atoms with Crippen molar-refractivity contribution >= 4 is 11.8 Å². The lowest BCUT2D eigenvalue weighted by Gasteiger charge is -2.32. The molecule has 140 valence electrons. The first kappa shape index (κ1) is 17.2. The van der Waals surface area contributed by atoms with Gasteiger partial charge < -0.3 is 10.6 Å². The number of rotatable bonds is 4. The van der Waals surface area contributed by atoms with Gasteiger partial charge in [-0.05, 0) is 44.2 Å². The standard InChI is InChI=1S/C18H28N8/c1-14-3-2-8-24(11-14)12-15-13-26(23-22-15)16-5-9-25(10-6-16)17-4-7-20-18(19)21-17/h4,7,13-14,16H,2-3,5-6,8-12H2,1H3,(H2,19,20,21). The maximum atomic E-state index is 5.70. The molecule has 2 aromatic rings. The van der Waals surface area contributed by atoms with E-state index in [0.717, 1.165) is 49.9 Å². The molecule has 2 saturated heterocycles. The lowest BCUT2D eigenvalue weighted by atomic mass is 10.0. The molecule has 2 fully saturated rings. The second-order valence-corrected chi connectivity index (χ2v) is 7.66. The van der Waals surface area contributed by atoms with Crippen LogP contribution in [0, 0.1) is 5.92 Å². The summed E-state index contributed by atoms with van der Waals surface area (Å²) >= 11 is 0. The van der Waals surface area contributed by atoms with Gasteiger partial charge in [0.2, 0.25) is 5.95 Å². The van der Waals surface area contributed by atoms with Crippen molar-refractivity contribution in [2.45, 2.75) is 45.2 Å². The number of aromatic nitrogens is 5. The average molecular weight is 356 g/mol. The summed E-state index contributed by atoms with van der Waals surface area (Å²) in [4.78, 5) is 13.1. The predicted molar refractivity (Wildman–Crippen MR) is 101 cm³/mol. The van der Waals surface area contributed by atoms with Crippen LogP contribution in [0.15, 0.2) is 18.5 Å². The van der Waals surface area contributed by atoms with Crippen molar-refractivity contribution in [1.82, 2.24) is 29.9 Å². The monoisotopic (exact) mass is 356 g/mol. The Morgan fingerprint density at radius 1 is 1.19 bits per heavy atom. The first-order valence-electron chi connectivity index (χ1n) is 9.64. The SMILES string of the molecule is CC1CCCN(Cc2cn(C3CCN(c4ccnc(N)n4)CC3)nn2)C1. The summed E-state index contributed by atoms with van der Waals surface area (Å²) in [5.74, 6) is 2.03. The number of hydrogen-bond donors (Lipinski definition) is 1. The maximum absolute atomic E-state index is 5.70. The topological polar surface area (TPSA) is 89.0 Å². The number of likely N-dealkylation sites (tertiary alicyclic amines) is 1. The first-order chi connectivity index (χ1) is 12.7. The molecule has 1 unspecified atom stereocenters. The molecular formula is C18H28N8. The van der Waals surface area contributed by atoms with E-state index in [1.165, 1.54) is 25.9 Å². The third-order valence-corrected chi connectivity index (χ3v) is 5.51. The van der Waals surface area contributed by atoms with Crippen LogP contribution in [-0.4, -0.2) is 56.0 Å². The van der Waals surface area contributed by atoms with E-state index in [4.69, 9.17) is 5.73 Å². The smallest absolute Gasteiger partial charge is 0.221 e. The molecule has 0 aliphatic carbocycles. The summed E-state index contributed by atoms with van der Waals surface area (Å²) in [6, 6.07) is 2.33. The van der Waals surface area contributed by atoms with Crippen LogP contribution >= 0.6 is 0 Å². The Hall–Kier alpha value is -2.22. The molecule has 2 aliphatic heterocycles. The van der Waals surface area contributed by atoms with Gasteiger partial charge in [0.1, 0.15) is 5.82 Å². The zero-order chi connectivity index (χ0) is 17.9. The summed E-state index contributed by atoms with van der Waals surface area (Å²) in [5.41, 5.74) is 6.78. The normalized spacial score (nSPS) is 22.7. The molecule has 0 amide bonds. The molecule has 8 nitrogen and oxygen atoms in total. The Labute approximate surface area is 154 Å². The van der Waals surface area contributed by atoms with Gasteiger partial charge in [-0.3, -0.25) is 4.90 Å². The first-order valence-corrected chi connectivity index (χ1v) is 9.64. The van der Waals surface area contributed by atoms with E-state index in [2.05, 4.69) is 47.9 Å². The Bertz CT molecular complexity index is 721. The minimum absolute atomic E-state index is 0.331. The number of anilines is 2. The highest BCUT2D eigenvalue weighted by atomic mass is 15.4. The Morgan fingerprint density at radius 3 is 2.81 bits per heavy atom. The minimum Gasteiger partial charge on any atom is -0.368 e. The molecule has 2 aromatic heterocycles. The molecule has 0 saturated carbocycles. The molecule has 8 heteroatoms. The van der Waals surface area contributed by atoms with Crippen LogP contribution in [0.25, 0.3) is 0 Å². The van der Waals surface area contributed by atoms with Crippen LogP contribution in [0.5, 0.6) is 0 Å². The molecular weight excluding hydrogens is 328 g/mol. The third-order valence-electron chi connectivity index (χ3n) is 5.51. The zero-order valence-electron chi connectivity index (χ0n) is 15.5. The van der Waals surface area contributed by atoms with Gasteiger partial charge in [0, 0.05) is 32.4 Å². The van der Waals surface area contributed by atoms with Crippen molar-refractivity contribution in [3.63, 3.8) is 0 Å². The average Bonchev–Trinajstić information content (AvgIpc) is 3.10. The summed E-state index contributed by atoms with van der Waals surface area (Å²) in [6.07, 6.45) is 8.57. The van der Waals surface area contributed by atoms with E-state index in [9.17, 15) is 0 Å². The van der Waals surface area contributed by atoms with E-state index in [1.807, 2.05) is 6.07 Å². The fraction of sp³-hybridized carbons (Fsp3) is 0.667. The third kappa shape index (κ3) is 3.95. The predicted octanol–water partition coefficient (Wildman–Crippen LogP) is 1.72. The van der Waals surface area contributed by atoms with Crippen LogP contribution in [0.4, 0.5) is 11.8 Å². The summed E-state index contributed by atoms with van der Waals surface area (Å²) < 4.78 is 2.06. The Balaban J connectivity index is 1.33. The van der Waals surface area contributed by atoms with E-state index in [1.54, 1.807) is 6.20 Å². The van der Waals surface area contributed by atoms with Gasteiger partial charge in [0.15, 0.2) is 0 Å². The lowest BCUT2D eigenvalue weighted by Crippen LogP contribution is -2.35. The summed E-state index contributed by atoms with van der Waals surface area (Å²) in [6.45, 7) is 7.50. The van der Waals surface area contributed by atoms with Crippen LogP contribution in [0.3, 0.4) is 0 Å². The van der Waals surface area contributed by atoms with Crippen molar-refractivity contribution in [3.05, 3.63) is 24.2 Å². The van der Waals surface area contributed by atoms with E-state index in [-0.39, 0.29) is 0 Å². The second kappa shape index (κ2) is 7.57. The number of nitrogens with zero attached hydrogens (tertiary/aromatic N) is 7. The Morgan fingerprint density at radius 2 is 2.04 bits per heavy atom. The second-order valence-electron chi connectivity index (χ2n) is 7.66. The van der Waals surface area contributed by atoms with Crippen molar-refractivity contribution in [1.29, 1.82) is 0 Å². The van der Waals surface area contributed by atoms with Crippen molar-refractivity contribution in [2.24, 2.45) is 5.92 Å². The molecule has 0 bridgehead atoms. The van der Waals surface area contributed by atoms with E-state index in [0.29, 0.717) is 12.0 Å². The van der Waals surface area contributed by atoms with E-state index < -0.39 is 0 Å². The fourth-order valence-electron chi connectivity index (χ4n) is 4.12. The molecule has 4 heterocycles. The lowest BCUT2D eigenvalue weighted by molar-refractivity contribution is 0.175. The van der Waals surface area contributed by atoms with Crippen LogP contribution < -0.4 is 10.6 Å². The minimum atomic E-state index is 0.331. The van der Waals surface area contributed by atoms with Crippen molar-refractivity contribution in [3.8, 4) is 0 Å². The number of nitrogens with two attached hydrogens (primary N) is 1. The molecule has 4 rings (SSSR count). The summed E-state index contributed by atoms with van der Waals surface area (Å²) in [5, 5.41) is 8.83. The van der Waals surface area contributed by atoms with Gasteiger partial charge in [-0.25, -0.2) is 9.67 Å². The van der Waals surface area contributed by atoms with E-state index >= 15 is 0 Å². The molecule has 1 atom stereocenters. The molecule has 26 heavy (non-hydrogen) atoms. The van der Waals surface area contributed by atoms with Gasteiger partial charge in [-0.1, -0.05) is 12.1 Å². The van der Waals surface area contributed by atoms with Crippen LogP contribution in [0.2, 0.25) is 0 Å². The van der Waals surface area contributed by atoms with Crippen LogP contribution in [0.1, 0.15) is 44.3 Å². The van der Waals surface area contributed by atoms with Gasteiger partial charge in [0.25, 0.3) is 0 Å². The van der Waals surface area contributed by atoms with Gasteiger partial charge in [-0.15, -0.1) is 5.10 Å². The summed E-state index contributed by atoms with van der Waals surface area (Å²) in [7, 11) is 0. The zero-order valence-corrected chi connectivity index (χ0v) is 15.5. The number of piperidine rings is 2. The van der Waals surface area contributed by atoms with Gasteiger partial charge in [-0.2, -0.15) is 4.98 Å². The molecule has 0 radical (unpaired) electrons. The van der Waals surface area contributed by atoms with Crippen molar-refractivity contribution in [2.75, 3.05) is 36.8 Å². The molecule has 2 aliphatic rings. The molecule has 0 spiro atoms. The van der Waals surface area contributed by atoms with Gasteiger partial charge in [0.05, 0.1) is 17.9 Å². The van der Waals surface area contributed by atoms with Crippen molar-refractivity contribution < 1.29 is 0 Å². The highest BCUT2D eigenvalue weighted by molar-refractivity contribution is 5.41. The highest BCUT2D eigenvalue weighted by Crippen LogP contribution is 2.25. The number of hydrogen-bond acceptors (Lipinski definition) is 7. The molecule has 0 aromatic carbocycles. The number of nitrogen functional groups attached to an aromatic ring is 1. The quantitative estimate of drug-likeness (QED) is 0.892. The molecule has 2 N–H and O–H groups in total.